The van der Waals surface area contributed by atoms with Crippen molar-refractivity contribution in [2.75, 3.05) is 7.05 Å². The largest absolute Gasteiger partial charge is 0.337 e. The summed E-state index contributed by atoms with van der Waals surface area (Å²) in [5.41, 5.74) is 4.28. The second kappa shape index (κ2) is 6.60. The van der Waals surface area contributed by atoms with Crippen molar-refractivity contribution in [2.24, 2.45) is 0 Å². The molecule has 0 bridgehead atoms. The number of aromatic nitrogens is 2. The molecule has 0 aliphatic carbocycles. The van der Waals surface area contributed by atoms with E-state index >= 15 is 0 Å². The van der Waals surface area contributed by atoms with E-state index in [0.29, 0.717) is 21.6 Å². The van der Waals surface area contributed by atoms with Crippen molar-refractivity contribution in [2.45, 2.75) is 46.7 Å². The third-order valence-electron chi connectivity index (χ3n) is 5.36. The Morgan fingerprint density at radius 3 is 2.81 bits per heavy atom. The molecule has 1 aromatic carbocycles. The molecule has 0 N–H and O–H groups in total. The summed E-state index contributed by atoms with van der Waals surface area (Å²) in [6, 6.07) is 6.27. The molecule has 6 heteroatoms. The van der Waals surface area contributed by atoms with Crippen LogP contribution >= 0.6 is 11.3 Å². The summed E-state index contributed by atoms with van der Waals surface area (Å²) in [4.78, 5) is 33.6. The molecule has 1 amide bonds. The minimum absolute atomic E-state index is 0.00247. The quantitative estimate of drug-likeness (QED) is 0.696. The van der Waals surface area contributed by atoms with Crippen LogP contribution in [0.2, 0.25) is 0 Å². The highest BCUT2D eigenvalue weighted by Gasteiger charge is 2.25. The van der Waals surface area contributed by atoms with Crippen LogP contribution < -0.4 is 5.56 Å². The van der Waals surface area contributed by atoms with Gasteiger partial charge in [-0.25, -0.2) is 4.98 Å². The van der Waals surface area contributed by atoms with Crippen molar-refractivity contribution in [3.8, 4) is 0 Å². The van der Waals surface area contributed by atoms with Crippen molar-refractivity contribution in [1.29, 1.82) is 0 Å². The molecule has 140 valence electrons. The van der Waals surface area contributed by atoms with Gasteiger partial charge in [0.1, 0.15) is 10.7 Å². The van der Waals surface area contributed by atoms with E-state index in [9.17, 15) is 9.59 Å². The Bertz CT molecular complexity index is 1130. The Labute approximate surface area is 162 Å². The monoisotopic (exact) mass is 381 g/mol. The molecule has 0 radical (unpaired) electrons. The summed E-state index contributed by atoms with van der Waals surface area (Å²) in [6.07, 6.45) is 1.79. The molecule has 4 rings (SSSR count). The third-order valence-corrected chi connectivity index (χ3v) is 6.53. The maximum Gasteiger partial charge on any atom is 0.264 e. The highest BCUT2D eigenvalue weighted by molar-refractivity contribution is 7.20. The SMILES string of the molecule is Cc1ccc(CN(C)C(=O)c2sc3nc4n(c(=O)c3c2C)CCC4)c(C)c1. The van der Waals surface area contributed by atoms with Gasteiger partial charge in [0.15, 0.2) is 0 Å². The van der Waals surface area contributed by atoms with Crippen LogP contribution in [-0.2, 0) is 19.5 Å². The highest BCUT2D eigenvalue weighted by atomic mass is 32.1. The summed E-state index contributed by atoms with van der Waals surface area (Å²) in [5.74, 6) is 0.788. The van der Waals surface area contributed by atoms with Gasteiger partial charge in [-0.2, -0.15) is 0 Å². The van der Waals surface area contributed by atoms with E-state index in [1.165, 1.54) is 22.5 Å². The fourth-order valence-corrected chi connectivity index (χ4v) is 4.99. The van der Waals surface area contributed by atoms with Gasteiger partial charge in [0, 0.05) is 26.6 Å². The Hall–Kier alpha value is -2.47. The summed E-state index contributed by atoms with van der Waals surface area (Å²) in [7, 11) is 1.81. The van der Waals surface area contributed by atoms with E-state index in [2.05, 4.69) is 37.0 Å². The van der Waals surface area contributed by atoms with Crippen LogP contribution in [0.3, 0.4) is 0 Å². The zero-order chi connectivity index (χ0) is 19.3. The zero-order valence-corrected chi connectivity index (χ0v) is 16.9. The number of thiophene rings is 1. The number of rotatable bonds is 3. The van der Waals surface area contributed by atoms with Gasteiger partial charge in [0.25, 0.3) is 11.5 Å². The average molecular weight is 382 g/mol. The van der Waals surface area contributed by atoms with Gasteiger partial charge in [0.2, 0.25) is 0 Å². The minimum Gasteiger partial charge on any atom is -0.337 e. The molecule has 1 aliphatic heterocycles. The normalized spacial score (nSPS) is 13.2. The summed E-state index contributed by atoms with van der Waals surface area (Å²) in [5, 5.41) is 0.605. The zero-order valence-electron chi connectivity index (χ0n) is 16.1. The highest BCUT2D eigenvalue weighted by Crippen LogP contribution is 2.30. The van der Waals surface area contributed by atoms with E-state index in [1.807, 2.05) is 14.0 Å². The van der Waals surface area contributed by atoms with E-state index < -0.39 is 0 Å². The van der Waals surface area contributed by atoms with Gasteiger partial charge in [0.05, 0.1) is 10.3 Å². The van der Waals surface area contributed by atoms with Crippen molar-refractivity contribution in [1.82, 2.24) is 14.5 Å². The minimum atomic E-state index is -0.0555. The fourth-order valence-electron chi connectivity index (χ4n) is 3.80. The predicted octanol–water partition coefficient (Wildman–Crippen LogP) is 3.60. The van der Waals surface area contributed by atoms with Crippen LogP contribution in [-0.4, -0.2) is 27.4 Å². The van der Waals surface area contributed by atoms with Gasteiger partial charge >= 0.3 is 0 Å². The first-order chi connectivity index (χ1) is 12.9. The smallest absolute Gasteiger partial charge is 0.264 e. The Balaban J connectivity index is 1.69. The maximum absolute atomic E-state index is 13.1. The van der Waals surface area contributed by atoms with Gasteiger partial charge < -0.3 is 4.90 Å². The first-order valence-electron chi connectivity index (χ1n) is 9.21. The second-order valence-corrected chi connectivity index (χ2v) is 8.41. The standard InChI is InChI=1S/C21H23N3O2S/c1-12-7-8-15(13(2)10-12)11-23(4)21(26)18-14(3)17-19(27-18)22-16-6-5-9-24(16)20(17)25/h7-8,10H,5-6,9,11H2,1-4H3. The Kier molecular flexibility index (Phi) is 4.38. The van der Waals surface area contributed by atoms with E-state index in [0.717, 1.165) is 36.3 Å². The molecule has 0 unspecified atom stereocenters. The third kappa shape index (κ3) is 2.98. The van der Waals surface area contributed by atoms with Crippen LogP contribution in [0.15, 0.2) is 23.0 Å². The molecule has 0 saturated heterocycles. The maximum atomic E-state index is 13.1. The first kappa shape index (κ1) is 17.9. The molecule has 0 spiro atoms. The lowest BCUT2D eigenvalue weighted by Gasteiger charge is -2.18. The number of benzene rings is 1. The molecule has 2 aromatic heterocycles. The van der Waals surface area contributed by atoms with Crippen LogP contribution in [0, 0.1) is 20.8 Å². The number of aryl methyl sites for hydroxylation is 4. The van der Waals surface area contributed by atoms with Crippen LogP contribution in [0.4, 0.5) is 0 Å². The summed E-state index contributed by atoms with van der Waals surface area (Å²) in [6.45, 7) is 7.26. The van der Waals surface area contributed by atoms with Gasteiger partial charge in [-0.05, 0) is 43.9 Å². The fraction of sp³-hybridized carbons (Fsp3) is 0.381. The molecule has 0 fully saturated rings. The number of fused-ring (bicyclic) bond motifs is 2. The van der Waals surface area contributed by atoms with Crippen LogP contribution in [0.5, 0.6) is 0 Å². The lowest BCUT2D eigenvalue weighted by molar-refractivity contribution is 0.0789. The van der Waals surface area contributed by atoms with Crippen LogP contribution in [0.25, 0.3) is 10.2 Å². The van der Waals surface area contributed by atoms with E-state index in [1.54, 1.807) is 9.47 Å². The second-order valence-electron chi connectivity index (χ2n) is 7.42. The van der Waals surface area contributed by atoms with Crippen molar-refractivity contribution in [3.05, 3.63) is 61.5 Å². The number of hydrogen-bond acceptors (Lipinski definition) is 4. The van der Waals surface area contributed by atoms with Crippen molar-refractivity contribution < 1.29 is 4.79 Å². The van der Waals surface area contributed by atoms with Gasteiger partial charge in [-0.15, -0.1) is 11.3 Å². The lowest BCUT2D eigenvalue weighted by atomic mass is 10.1. The lowest BCUT2D eigenvalue weighted by Crippen LogP contribution is -2.26. The molecule has 0 saturated carbocycles. The van der Waals surface area contributed by atoms with Crippen molar-refractivity contribution >= 4 is 27.5 Å². The molecule has 5 nitrogen and oxygen atoms in total. The topological polar surface area (TPSA) is 55.2 Å². The average Bonchev–Trinajstić information content (AvgIpc) is 3.22. The molecule has 27 heavy (non-hydrogen) atoms. The Morgan fingerprint density at radius 2 is 2.07 bits per heavy atom. The Morgan fingerprint density at radius 1 is 1.30 bits per heavy atom. The molecular weight excluding hydrogens is 358 g/mol. The van der Waals surface area contributed by atoms with E-state index in [4.69, 9.17) is 0 Å². The van der Waals surface area contributed by atoms with Gasteiger partial charge in [-0.3, -0.25) is 14.2 Å². The molecular formula is C21H23N3O2S. The first-order valence-corrected chi connectivity index (χ1v) is 10.0. The number of nitrogens with zero attached hydrogens (tertiary/aromatic N) is 3. The number of amides is 1. The molecule has 3 aromatic rings. The molecule has 1 aliphatic rings. The number of hydrogen-bond donors (Lipinski definition) is 0. The summed E-state index contributed by atoms with van der Waals surface area (Å²) < 4.78 is 1.76. The number of carbonyl (C=O) groups is 1. The number of carbonyl (C=O) groups excluding carboxylic acids is 1. The van der Waals surface area contributed by atoms with E-state index in [-0.39, 0.29) is 11.5 Å². The molecule has 0 atom stereocenters. The molecule has 3 heterocycles. The van der Waals surface area contributed by atoms with Crippen molar-refractivity contribution in [3.63, 3.8) is 0 Å². The van der Waals surface area contributed by atoms with Gasteiger partial charge in [-0.1, -0.05) is 23.8 Å². The predicted molar refractivity (Wildman–Crippen MR) is 109 cm³/mol. The summed E-state index contributed by atoms with van der Waals surface area (Å²) >= 11 is 1.34. The van der Waals surface area contributed by atoms with Crippen LogP contribution in [0.1, 0.15) is 44.2 Å².